The average Bonchev–Trinajstić information content (AvgIpc) is 2.65. The van der Waals surface area contributed by atoms with E-state index in [-0.39, 0.29) is 56.3 Å². The third-order valence-electron chi connectivity index (χ3n) is 4.61. The Morgan fingerprint density at radius 2 is 1.43 bits per heavy atom. The molecule has 0 bridgehead atoms. The second kappa shape index (κ2) is 13.9. The first kappa shape index (κ1) is 25.8. The number of unbranched alkanes of at least 4 members (excludes halogenated alkanes) is 7. The van der Waals surface area contributed by atoms with Crippen molar-refractivity contribution in [2.45, 2.75) is 69.6 Å². The Kier molecular flexibility index (Phi) is 12.8. The van der Waals surface area contributed by atoms with Crippen LogP contribution in [-0.4, -0.2) is 13.0 Å². The average molecular weight is 429 g/mol. The van der Waals surface area contributed by atoms with E-state index >= 15 is 0 Å². The van der Waals surface area contributed by atoms with Crippen LogP contribution in [0.25, 0.3) is 0 Å². The standard InChI is InChI=1S/C22H30O4S.K/c1-2-3-4-5-6-7-8-12-16-20-21(26-19-14-10-9-11-15-19)17-13-18-22(20)27(23,24)25;/h9-11,13-15,17-18H,2-8,12,16H2,1H3,(H,23,24,25);/q;+1/p-1. The topological polar surface area (TPSA) is 66.4 Å². The summed E-state index contributed by atoms with van der Waals surface area (Å²) >= 11 is 0. The van der Waals surface area contributed by atoms with Crippen LogP contribution in [0.2, 0.25) is 0 Å². The van der Waals surface area contributed by atoms with Crippen molar-refractivity contribution in [3.8, 4) is 11.5 Å². The van der Waals surface area contributed by atoms with Crippen molar-refractivity contribution < 1.29 is 69.1 Å². The van der Waals surface area contributed by atoms with E-state index in [0.717, 1.165) is 19.3 Å². The number of hydrogen-bond acceptors (Lipinski definition) is 4. The van der Waals surface area contributed by atoms with Crippen LogP contribution >= 0.6 is 0 Å². The Labute approximate surface area is 212 Å². The van der Waals surface area contributed by atoms with Crippen molar-refractivity contribution in [1.29, 1.82) is 0 Å². The van der Waals surface area contributed by atoms with E-state index in [2.05, 4.69) is 6.92 Å². The van der Waals surface area contributed by atoms with Gasteiger partial charge in [0.05, 0.1) is 4.90 Å². The molecule has 28 heavy (non-hydrogen) atoms. The SMILES string of the molecule is CCCCCCCCCCc1c(Oc2ccccc2)cccc1S(=O)(=O)[O-].[K+]. The van der Waals surface area contributed by atoms with Crippen LogP contribution in [0.5, 0.6) is 11.5 Å². The van der Waals surface area contributed by atoms with Crippen molar-refractivity contribution in [3.63, 3.8) is 0 Å². The second-order valence-corrected chi connectivity index (χ2v) is 8.18. The molecule has 0 heterocycles. The van der Waals surface area contributed by atoms with Gasteiger partial charge in [0.15, 0.2) is 0 Å². The van der Waals surface area contributed by atoms with Crippen molar-refractivity contribution in [1.82, 2.24) is 0 Å². The summed E-state index contributed by atoms with van der Waals surface area (Å²) < 4.78 is 40.9. The van der Waals surface area contributed by atoms with E-state index in [4.69, 9.17) is 4.74 Å². The minimum absolute atomic E-state index is 0. The van der Waals surface area contributed by atoms with E-state index in [1.54, 1.807) is 24.3 Å². The predicted molar refractivity (Wildman–Crippen MR) is 107 cm³/mol. The normalized spacial score (nSPS) is 11.1. The molecule has 0 aliphatic carbocycles. The van der Waals surface area contributed by atoms with Gasteiger partial charge in [-0.1, -0.05) is 76.1 Å². The molecule has 2 rings (SSSR count). The van der Waals surface area contributed by atoms with Crippen LogP contribution in [0.3, 0.4) is 0 Å². The first-order valence-electron chi connectivity index (χ1n) is 9.83. The van der Waals surface area contributed by atoms with Crippen LogP contribution in [0, 0.1) is 0 Å². The monoisotopic (exact) mass is 428 g/mol. The molecule has 148 valence electrons. The second-order valence-electron chi connectivity index (χ2n) is 6.83. The zero-order valence-electron chi connectivity index (χ0n) is 17.0. The van der Waals surface area contributed by atoms with Crippen molar-refractivity contribution >= 4 is 10.1 Å². The number of rotatable bonds is 12. The molecular weight excluding hydrogens is 399 g/mol. The van der Waals surface area contributed by atoms with Crippen LogP contribution in [0.4, 0.5) is 0 Å². The predicted octanol–water partition coefficient (Wildman–Crippen LogP) is 3.07. The van der Waals surface area contributed by atoms with E-state index < -0.39 is 10.1 Å². The molecule has 2 aromatic carbocycles. The quantitative estimate of drug-likeness (QED) is 0.296. The fraction of sp³-hybridized carbons (Fsp3) is 0.455. The van der Waals surface area contributed by atoms with Gasteiger partial charge in [-0.2, -0.15) is 0 Å². The largest absolute Gasteiger partial charge is 1.00 e. The van der Waals surface area contributed by atoms with Gasteiger partial charge in [-0.3, -0.25) is 0 Å². The van der Waals surface area contributed by atoms with E-state index in [0.29, 0.717) is 23.5 Å². The summed E-state index contributed by atoms with van der Waals surface area (Å²) in [6, 6.07) is 13.8. The van der Waals surface area contributed by atoms with Crippen molar-refractivity contribution in [3.05, 3.63) is 54.1 Å². The Morgan fingerprint density at radius 1 is 0.821 bits per heavy atom. The summed E-state index contributed by atoms with van der Waals surface area (Å²) in [7, 11) is -4.54. The smallest absolute Gasteiger partial charge is 0.744 e. The van der Waals surface area contributed by atoms with Gasteiger partial charge in [-0.15, -0.1) is 0 Å². The van der Waals surface area contributed by atoms with Crippen LogP contribution in [-0.2, 0) is 16.5 Å². The molecule has 0 atom stereocenters. The molecule has 0 unspecified atom stereocenters. The van der Waals surface area contributed by atoms with Crippen LogP contribution in [0.1, 0.15) is 63.9 Å². The maximum absolute atomic E-state index is 11.7. The molecule has 0 radical (unpaired) electrons. The van der Waals surface area contributed by atoms with Gasteiger partial charge in [0.25, 0.3) is 0 Å². The van der Waals surface area contributed by atoms with Gasteiger partial charge in [0.2, 0.25) is 0 Å². The molecule has 0 N–H and O–H groups in total. The Bertz CT molecular complexity index is 791. The molecular formula is C22H29KO4S. The molecule has 0 aromatic heterocycles. The first-order chi connectivity index (χ1) is 13.0. The molecule has 0 aliphatic heterocycles. The van der Waals surface area contributed by atoms with E-state index in [1.165, 1.54) is 38.2 Å². The summed E-state index contributed by atoms with van der Waals surface area (Å²) in [6.45, 7) is 2.20. The summed E-state index contributed by atoms with van der Waals surface area (Å²) in [5, 5.41) is 0. The van der Waals surface area contributed by atoms with Gasteiger partial charge in [-0.25, -0.2) is 8.42 Å². The van der Waals surface area contributed by atoms with E-state index in [9.17, 15) is 13.0 Å². The molecule has 0 saturated heterocycles. The molecule has 4 nitrogen and oxygen atoms in total. The van der Waals surface area contributed by atoms with Gasteiger partial charge >= 0.3 is 51.4 Å². The molecule has 0 fully saturated rings. The summed E-state index contributed by atoms with van der Waals surface area (Å²) in [6.07, 6.45) is 9.77. The van der Waals surface area contributed by atoms with Gasteiger partial charge in [0.1, 0.15) is 21.6 Å². The third kappa shape index (κ3) is 9.07. The number of hydrogen-bond donors (Lipinski definition) is 0. The van der Waals surface area contributed by atoms with Gasteiger partial charge in [-0.05, 0) is 37.1 Å². The fourth-order valence-corrected chi connectivity index (χ4v) is 3.92. The molecule has 0 aliphatic rings. The zero-order valence-corrected chi connectivity index (χ0v) is 21.0. The molecule has 0 saturated carbocycles. The molecule has 6 heteroatoms. The zero-order chi connectivity index (χ0) is 19.5. The molecule has 0 spiro atoms. The maximum atomic E-state index is 11.7. The van der Waals surface area contributed by atoms with Crippen molar-refractivity contribution in [2.75, 3.05) is 0 Å². The number of para-hydroxylation sites is 1. The number of ether oxygens (including phenoxy) is 1. The Hall–Kier alpha value is -0.214. The van der Waals surface area contributed by atoms with Crippen LogP contribution in [0.15, 0.2) is 53.4 Å². The third-order valence-corrected chi connectivity index (χ3v) is 5.53. The van der Waals surface area contributed by atoms with Crippen molar-refractivity contribution in [2.24, 2.45) is 0 Å². The molecule has 2 aromatic rings. The summed E-state index contributed by atoms with van der Waals surface area (Å²) in [4.78, 5) is -0.168. The minimum atomic E-state index is -4.54. The maximum Gasteiger partial charge on any atom is 1.00 e. The van der Waals surface area contributed by atoms with Crippen LogP contribution < -0.4 is 56.1 Å². The Morgan fingerprint density at radius 3 is 2.04 bits per heavy atom. The van der Waals surface area contributed by atoms with E-state index in [1.807, 2.05) is 18.2 Å². The molecule has 0 amide bonds. The van der Waals surface area contributed by atoms with Gasteiger partial charge in [0, 0.05) is 5.56 Å². The minimum Gasteiger partial charge on any atom is -0.744 e. The summed E-state index contributed by atoms with van der Waals surface area (Å²) in [5.41, 5.74) is 0.488. The van der Waals surface area contributed by atoms with Gasteiger partial charge < -0.3 is 9.29 Å². The number of benzene rings is 2. The summed E-state index contributed by atoms with van der Waals surface area (Å²) in [5.74, 6) is 1.07. The first-order valence-corrected chi connectivity index (χ1v) is 11.2. The fourth-order valence-electron chi connectivity index (χ4n) is 3.17. The Balaban J connectivity index is 0.00000392.